The fourth-order valence-corrected chi connectivity index (χ4v) is 1.74. The lowest BCUT2D eigenvalue weighted by atomic mass is 9.84. The molecule has 14 heavy (non-hydrogen) atoms. The minimum Gasteiger partial charge on any atom is -0.481 e. The summed E-state index contributed by atoms with van der Waals surface area (Å²) in [4.78, 5) is 11.1. The fraction of sp³-hybridized carbons (Fsp3) is 0.900. The van der Waals surface area contributed by atoms with Crippen molar-refractivity contribution in [1.82, 2.24) is 5.32 Å². The average molecular weight is 201 g/mol. The van der Waals surface area contributed by atoms with Gasteiger partial charge in [0.2, 0.25) is 0 Å². The van der Waals surface area contributed by atoms with Crippen molar-refractivity contribution in [3.8, 4) is 0 Å². The second-order valence-corrected chi connectivity index (χ2v) is 4.18. The Kier molecular flexibility index (Phi) is 3.89. The maximum absolute atomic E-state index is 11.1. The minimum atomic E-state index is -0.699. The third-order valence-electron chi connectivity index (χ3n) is 2.73. The summed E-state index contributed by atoms with van der Waals surface area (Å²) in [6.07, 6.45) is 1.49. The monoisotopic (exact) mass is 201 g/mol. The molecule has 0 aliphatic carbocycles. The first-order valence-electron chi connectivity index (χ1n) is 5.12. The van der Waals surface area contributed by atoms with E-state index in [2.05, 4.69) is 5.32 Å². The molecule has 82 valence electrons. The second-order valence-electron chi connectivity index (χ2n) is 4.18. The zero-order valence-electron chi connectivity index (χ0n) is 8.88. The minimum absolute atomic E-state index is 0.176. The Morgan fingerprint density at radius 1 is 1.64 bits per heavy atom. The van der Waals surface area contributed by atoms with E-state index in [9.17, 15) is 4.79 Å². The van der Waals surface area contributed by atoms with E-state index in [0.29, 0.717) is 26.0 Å². The smallest absolute Gasteiger partial charge is 0.311 e. The highest BCUT2D eigenvalue weighted by molar-refractivity contribution is 5.75. The summed E-state index contributed by atoms with van der Waals surface area (Å²) >= 11 is 0. The number of carbonyl (C=O) groups is 1. The Morgan fingerprint density at radius 3 is 2.79 bits per heavy atom. The average Bonchev–Trinajstić information content (AvgIpc) is 2.53. The van der Waals surface area contributed by atoms with Crippen molar-refractivity contribution in [2.45, 2.75) is 32.8 Å². The van der Waals surface area contributed by atoms with Gasteiger partial charge in [-0.15, -0.1) is 0 Å². The van der Waals surface area contributed by atoms with Crippen LogP contribution in [-0.2, 0) is 9.53 Å². The van der Waals surface area contributed by atoms with Crippen LogP contribution in [0.5, 0.6) is 0 Å². The van der Waals surface area contributed by atoms with E-state index in [0.717, 1.165) is 6.54 Å². The highest BCUT2D eigenvalue weighted by atomic mass is 16.5. The maximum Gasteiger partial charge on any atom is 0.311 e. The van der Waals surface area contributed by atoms with Crippen LogP contribution in [-0.4, -0.2) is 36.9 Å². The van der Waals surface area contributed by atoms with Crippen molar-refractivity contribution in [2.24, 2.45) is 5.41 Å². The first kappa shape index (κ1) is 11.5. The quantitative estimate of drug-likeness (QED) is 0.693. The number of nitrogens with one attached hydrogen (secondary N) is 1. The first-order chi connectivity index (χ1) is 6.57. The predicted octanol–water partition coefficient (Wildman–Crippen LogP) is 0.866. The summed E-state index contributed by atoms with van der Waals surface area (Å²) in [6.45, 7) is 5.82. The second kappa shape index (κ2) is 4.75. The highest BCUT2D eigenvalue weighted by Crippen LogP contribution is 2.29. The molecule has 1 fully saturated rings. The van der Waals surface area contributed by atoms with Crippen LogP contribution in [0.2, 0.25) is 0 Å². The van der Waals surface area contributed by atoms with E-state index in [4.69, 9.17) is 9.84 Å². The van der Waals surface area contributed by atoms with Gasteiger partial charge in [0.05, 0.1) is 11.5 Å². The van der Waals surface area contributed by atoms with Crippen LogP contribution >= 0.6 is 0 Å². The summed E-state index contributed by atoms with van der Waals surface area (Å²) < 4.78 is 5.39. The van der Waals surface area contributed by atoms with Crippen LogP contribution < -0.4 is 5.32 Å². The van der Waals surface area contributed by atoms with Crippen LogP contribution in [0.3, 0.4) is 0 Å². The van der Waals surface area contributed by atoms with E-state index < -0.39 is 11.4 Å². The van der Waals surface area contributed by atoms with Crippen molar-refractivity contribution in [2.75, 3.05) is 19.7 Å². The van der Waals surface area contributed by atoms with Crippen molar-refractivity contribution in [3.63, 3.8) is 0 Å². The molecule has 4 nitrogen and oxygen atoms in total. The van der Waals surface area contributed by atoms with Crippen molar-refractivity contribution in [3.05, 3.63) is 0 Å². The molecule has 0 aromatic carbocycles. The summed E-state index contributed by atoms with van der Waals surface area (Å²) in [5.74, 6) is -0.699. The van der Waals surface area contributed by atoms with Crippen LogP contribution in [0, 0.1) is 5.41 Å². The Morgan fingerprint density at radius 2 is 2.36 bits per heavy atom. The lowest BCUT2D eigenvalue weighted by molar-refractivity contribution is -0.149. The van der Waals surface area contributed by atoms with Gasteiger partial charge in [0.15, 0.2) is 0 Å². The molecular formula is C10H19NO3. The molecule has 0 aromatic rings. The Hall–Kier alpha value is -0.610. The maximum atomic E-state index is 11.1. The molecule has 4 heteroatoms. The van der Waals surface area contributed by atoms with Crippen molar-refractivity contribution in [1.29, 1.82) is 0 Å². The molecule has 2 N–H and O–H groups in total. The number of rotatable bonds is 5. The molecule has 0 amide bonds. The van der Waals surface area contributed by atoms with Gasteiger partial charge in [0.25, 0.3) is 0 Å². The van der Waals surface area contributed by atoms with Crippen molar-refractivity contribution < 1.29 is 14.6 Å². The van der Waals surface area contributed by atoms with Crippen molar-refractivity contribution >= 4 is 5.97 Å². The van der Waals surface area contributed by atoms with Gasteiger partial charge in [0, 0.05) is 13.2 Å². The van der Waals surface area contributed by atoms with Gasteiger partial charge < -0.3 is 15.2 Å². The largest absolute Gasteiger partial charge is 0.481 e. The lowest BCUT2D eigenvalue weighted by Gasteiger charge is -2.23. The van der Waals surface area contributed by atoms with Gasteiger partial charge in [-0.1, -0.05) is 0 Å². The number of aliphatic carboxylic acids is 1. The van der Waals surface area contributed by atoms with E-state index in [1.165, 1.54) is 0 Å². The number of carboxylic acids is 1. The molecule has 1 aliphatic rings. The van der Waals surface area contributed by atoms with Crippen LogP contribution in [0.1, 0.15) is 26.7 Å². The molecule has 0 radical (unpaired) electrons. The van der Waals surface area contributed by atoms with Gasteiger partial charge >= 0.3 is 5.97 Å². The Bertz CT molecular complexity index is 198. The molecule has 0 bridgehead atoms. The Labute approximate surface area is 84.6 Å². The van der Waals surface area contributed by atoms with Crippen LogP contribution in [0.15, 0.2) is 0 Å². The number of carboxylic acid groups (broad SMARTS) is 1. The summed E-state index contributed by atoms with van der Waals surface area (Å²) in [5.41, 5.74) is -0.588. The van der Waals surface area contributed by atoms with Gasteiger partial charge in [-0.25, -0.2) is 0 Å². The standard InChI is InChI=1S/C10H19NO3/c1-8(2)14-6-4-10(9(12)13)3-5-11-7-10/h8,11H,3-7H2,1-2H3,(H,12,13). The highest BCUT2D eigenvalue weighted by Gasteiger charge is 2.40. The first-order valence-corrected chi connectivity index (χ1v) is 5.12. The summed E-state index contributed by atoms with van der Waals surface area (Å²) in [6, 6.07) is 0. The molecule has 1 saturated heterocycles. The Balaban J connectivity index is 2.40. The zero-order valence-corrected chi connectivity index (χ0v) is 8.88. The summed E-state index contributed by atoms with van der Waals surface area (Å²) in [5, 5.41) is 12.2. The molecule has 0 spiro atoms. The van der Waals surface area contributed by atoms with E-state index in [1.807, 2.05) is 13.8 Å². The predicted molar refractivity (Wildman–Crippen MR) is 53.3 cm³/mol. The van der Waals surface area contributed by atoms with Gasteiger partial charge in [-0.05, 0) is 33.2 Å². The molecule has 1 aliphatic heterocycles. The fourth-order valence-electron chi connectivity index (χ4n) is 1.74. The van der Waals surface area contributed by atoms with Crippen LogP contribution in [0.25, 0.3) is 0 Å². The molecule has 1 unspecified atom stereocenters. The summed E-state index contributed by atoms with van der Waals surface area (Å²) in [7, 11) is 0. The van der Waals surface area contributed by atoms with Gasteiger partial charge in [0.1, 0.15) is 0 Å². The third-order valence-corrected chi connectivity index (χ3v) is 2.73. The van der Waals surface area contributed by atoms with E-state index in [-0.39, 0.29) is 6.10 Å². The molecule has 1 atom stereocenters. The third kappa shape index (κ3) is 2.69. The molecule has 0 aromatic heterocycles. The molecule has 1 rings (SSSR count). The van der Waals surface area contributed by atoms with E-state index in [1.54, 1.807) is 0 Å². The SMILES string of the molecule is CC(C)OCCC1(C(=O)O)CCNC1. The number of hydrogen-bond donors (Lipinski definition) is 2. The normalized spacial score (nSPS) is 27.1. The zero-order chi connectivity index (χ0) is 10.6. The van der Waals surface area contributed by atoms with E-state index >= 15 is 0 Å². The molecule has 1 heterocycles. The molecule has 0 saturated carbocycles. The van der Waals surface area contributed by atoms with Gasteiger partial charge in [-0.3, -0.25) is 4.79 Å². The lowest BCUT2D eigenvalue weighted by Crippen LogP contribution is -2.34. The molecular weight excluding hydrogens is 182 g/mol. The topological polar surface area (TPSA) is 58.6 Å². The number of hydrogen-bond acceptors (Lipinski definition) is 3. The van der Waals surface area contributed by atoms with Gasteiger partial charge in [-0.2, -0.15) is 0 Å². The van der Waals surface area contributed by atoms with Crippen LogP contribution in [0.4, 0.5) is 0 Å². The number of ether oxygens (including phenoxy) is 1.